The van der Waals surface area contributed by atoms with E-state index in [1.165, 1.54) is 42.5 Å². The van der Waals surface area contributed by atoms with Gasteiger partial charge in [0, 0.05) is 23.5 Å². The van der Waals surface area contributed by atoms with Crippen molar-refractivity contribution >= 4 is 11.3 Å². The molecule has 1 fully saturated rings. The Kier molecular flexibility index (Phi) is 4.00. The summed E-state index contributed by atoms with van der Waals surface area (Å²) < 4.78 is 0. The Hall–Kier alpha value is -0.380. The van der Waals surface area contributed by atoms with E-state index in [1.54, 1.807) is 0 Å². The molecule has 1 saturated carbocycles. The first-order valence-electron chi connectivity index (χ1n) is 6.22. The molecular formula is C13H22N2S. The van der Waals surface area contributed by atoms with Crippen molar-refractivity contribution in [3.8, 4) is 0 Å². The summed E-state index contributed by atoms with van der Waals surface area (Å²) in [5.41, 5.74) is 7.83. The SMILES string of the molecule is Cc1ccsc1CNCC1(N)CCCCC1. The number of hydrogen-bond acceptors (Lipinski definition) is 3. The maximum Gasteiger partial charge on any atom is 0.0303 e. The second-order valence-corrected chi connectivity index (χ2v) is 6.05. The summed E-state index contributed by atoms with van der Waals surface area (Å²) in [7, 11) is 0. The molecule has 1 heterocycles. The standard InChI is InChI=1S/C13H22N2S/c1-11-5-8-16-12(11)9-15-10-13(14)6-3-2-4-7-13/h5,8,15H,2-4,6-7,9-10,14H2,1H3. The first-order chi connectivity index (χ1) is 7.70. The molecule has 0 aliphatic heterocycles. The van der Waals surface area contributed by atoms with Gasteiger partial charge >= 0.3 is 0 Å². The molecule has 0 aromatic carbocycles. The van der Waals surface area contributed by atoms with Gasteiger partial charge < -0.3 is 11.1 Å². The molecule has 1 aromatic heterocycles. The fourth-order valence-corrected chi connectivity index (χ4v) is 3.32. The second-order valence-electron chi connectivity index (χ2n) is 5.05. The zero-order valence-electron chi connectivity index (χ0n) is 10.1. The van der Waals surface area contributed by atoms with Crippen LogP contribution in [-0.4, -0.2) is 12.1 Å². The van der Waals surface area contributed by atoms with Gasteiger partial charge in [0.15, 0.2) is 0 Å². The first-order valence-corrected chi connectivity index (χ1v) is 7.10. The number of nitrogens with two attached hydrogens (primary N) is 1. The lowest BCUT2D eigenvalue weighted by molar-refractivity contribution is 0.283. The predicted molar refractivity (Wildman–Crippen MR) is 70.8 cm³/mol. The average Bonchev–Trinajstić information content (AvgIpc) is 2.65. The van der Waals surface area contributed by atoms with Crippen molar-refractivity contribution in [3.05, 3.63) is 21.9 Å². The Labute approximate surface area is 102 Å². The van der Waals surface area contributed by atoms with Gasteiger partial charge in [-0.05, 0) is 36.8 Å². The first kappa shape index (κ1) is 12.1. The van der Waals surface area contributed by atoms with Gasteiger partial charge in [-0.25, -0.2) is 0 Å². The highest BCUT2D eigenvalue weighted by Gasteiger charge is 2.26. The Morgan fingerprint density at radius 3 is 2.75 bits per heavy atom. The second kappa shape index (κ2) is 5.30. The average molecular weight is 238 g/mol. The summed E-state index contributed by atoms with van der Waals surface area (Å²) in [5, 5.41) is 5.68. The van der Waals surface area contributed by atoms with Crippen LogP contribution in [0.1, 0.15) is 42.5 Å². The van der Waals surface area contributed by atoms with E-state index in [1.807, 2.05) is 11.3 Å². The van der Waals surface area contributed by atoms with Gasteiger partial charge in [-0.2, -0.15) is 0 Å². The van der Waals surface area contributed by atoms with Gasteiger partial charge in [-0.15, -0.1) is 11.3 Å². The Morgan fingerprint density at radius 1 is 1.38 bits per heavy atom. The molecule has 0 bridgehead atoms. The van der Waals surface area contributed by atoms with E-state index >= 15 is 0 Å². The number of hydrogen-bond donors (Lipinski definition) is 2. The number of thiophene rings is 1. The third kappa shape index (κ3) is 3.06. The minimum atomic E-state index is 0.0589. The van der Waals surface area contributed by atoms with E-state index in [0.29, 0.717) is 0 Å². The largest absolute Gasteiger partial charge is 0.324 e. The quantitative estimate of drug-likeness (QED) is 0.846. The van der Waals surface area contributed by atoms with Crippen molar-refractivity contribution < 1.29 is 0 Å². The van der Waals surface area contributed by atoms with Crippen LogP contribution in [0.4, 0.5) is 0 Å². The molecule has 90 valence electrons. The van der Waals surface area contributed by atoms with Crippen molar-refractivity contribution in [3.63, 3.8) is 0 Å². The molecule has 0 spiro atoms. The van der Waals surface area contributed by atoms with Crippen LogP contribution in [0.2, 0.25) is 0 Å². The van der Waals surface area contributed by atoms with Crippen LogP contribution in [0.5, 0.6) is 0 Å². The summed E-state index contributed by atoms with van der Waals surface area (Å²) in [5.74, 6) is 0. The smallest absolute Gasteiger partial charge is 0.0303 e. The minimum absolute atomic E-state index is 0.0589. The maximum absolute atomic E-state index is 6.38. The molecule has 2 rings (SSSR count). The van der Waals surface area contributed by atoms with Crippen LogP contribution >= 0.6 is 11.3 Å². The molecule has 1 aliphatic carbocycles. The van der Waals surface area contributed by atoms with E-state index in [0.717, 1.165) is 13.1 Å². The molecule has 3 N–H and O–H groups in total. The summed E-state index contributed by atoms with van der Waals surface area (Å²) in [4.78, 5) is 1.44. The molecule has 0 saturated heterocycles. The van der Waals surface area contributed by atoms with E-state index in [2.05, 4.69) is 23.7 Å². The lowest BCUT2D eigenvalue weighted by Gasteiger charge is -2.33. The molecule has 1 aromatic rings. The van der Waals surface area contributed by atoms with Gasteiger partial charge in [-0.1, -0.05) is 19.3 Å². The van der Waals surface area contributed by atoms with Crippen molar-refractivity contribution in [2.45, 2.75) is 51.1 Å². The van der Waals surface area contributed by atoms with Crippen LogP contribution in [0.3, 0.4) is 0 Å². The zero-order chi connectivity index (χ0) is 11.4. The molecule has 0 unspecified atom stereocenters. The molecule has 0 amide bonds. The summed E-state index contributed by atoms with van der Waals surface area (Å²) in [6, 6.07) is 2.18. The van der Waals surface area contributed by atoms with Crippen molar-refractivity contribution in [2.75, 3.05) is 6.54 Å². The summed E-state index contributed by atoms with van der Waals surface area (Å²) in [6.45, 7) is 4.11. The molecular weight excluding hydrogens is 216 g/mol. The van der Waals surface area contributed by atoms with Crippen LogP contribution < -0.4 is 11.1 Å². The van der Waals surface area contributed by atoms with E-state index in [9.17, 15) is 0 Å². The number of rotatable bonds is 4. The third-order valence-electron chi connectivity index (χ3n) is 3.58. The Balaban J connectivity index is 1.77. The van der Waals surface area contributed by atoms with Gasteiger partial charge in [-0.3, -0.25) is 0 Å². The van der Waals surface area contributed by atoms with Crippen LogP contribution in [0, 0.1) is 6.92 Å². The molecule has 0 atom stereocenters. The predicted octanol–water partition coefficient (Wildman–Crippen LogP) is 2.81. The molecule has 3 heteroatoms. The number of aryl methyl sites for hydroxylation is 1. The highest BCUT2D eigenvalue weighted by atomic mass is 32.1. The highest BCUT2D eigenvalue weighted by Crippen LogP contribution is 2.25. The lowest BCUT2D eigenvalue weighted by atomic mass is 9.82. The van der Waals surface area contributed by atoms with Crippen molar-refractivity contribution in [2.24, 2.45) is 5.73 Å². The zero-order valence-corrected chi connectivity index (χ0v) is 10.9. The van der Waals surface area contributed by atoms with Gasteiger partial charge in [0.2, 0.25) is 0 Å². The Bertz CT molecular complexity index is 326. The highest BCUT2D eigenvalue weighted by molar-refractivity contribution is 7.10. The maximum atomic E-state index is 6.38. The lowest BCUT2D eigenvalue weighted by Crippen LogP contribution is -2.49. The molecule has 16 heavy (non-hydrogen) atoms. The monoisotopic (exact) mass is 238 g/mol. The van der Waals surface area contributed by atoms with E-state index in [-0.39, 0.29) is 5.54 Å². The summed E-state index contributed by atoms with van der Waals surface area (Å²) >= 11 is 1.83. The van der Waals surface area contributed by atoms with Crippen LogP contribution in [0.25, 0.3) is 0 Å². The molecule has 1 aliphatic rings. The van der Waals surface area contributed by atoms with E-state index in [4.69, 9.17) is 5.73 Å². The van der Waals surface area contributed by atoms with Crippen LogP contribution in [-0.2, 0) is 6.54 Å². The summed E-state index contributed by atoms with van der Waals surface area (Å²) in [6.07, 6.45) is 6.34. The normalized spacial score (nSPS) is 19.9. The topological polar surface area (TPSA) is 38.0 Å². The Morgan fingerprint density at radius 2 is 2.12 bits per heavy atom. The van der Waals surface area contributed by atoms with Gasteiger partial charge in [0.25, 0.3) is 0 Å². The van der Waals surface area contributed by atoms with Gasteiger partial charge in [0.1, 0.15) is 0 Å². The van der Waals surface area contributed by atoms with Gasteiger partial charge in [0.05, 0.1) is 0 Å². The fraction of sp³-hybridized carbons (Fsp3) is 0.692. The minimum Gasteiger partial charge on any atom is -0.324 e. The van der Waals surface area contributed by atoms with Crippen molar-refractivity contribution in [1.29, 1.82) is 0 Å². The molecule has 0 radical (unpaired) electrons. The fourth-order valence-electron chi connectivity index (χ4n) is 2.44. The van der Waals surface area contributed by atoms with Crippen LogP contribution in [0.15, 0.2) is 11.4 Å². The van der Waals surface area contributed by atoms with E-state index < -0.39 is 0 Å². The number of nitrogens with one attached hydrogen (secondary N) is 1. The van der Waals surface area contributed by atoms with Crippen molar-refractivity contribution in [1.82, 2.24) is 5.32 Å². The third-order valence-corrected chi connectivity index (χ3v) is 4.60. The molecule has 2 nitrogen and oxygen atoms in total.